The lowest BCUT2D eigenvalue weighted by atomic mass is 10.1. The minimum Gasteiger partial charge on any atom is -0.324 e. The molecule has 0 spiro atoms. The Morgan fingerprint density at radius 2 is 2.38 bits per heavy atom. The van der Waals surface area contributed by atoms with Crippen molar-refractivity contribution >= 4 is 0 Å². The quantitative estimate of drug-likeness (QED) is 0.468. The van der Waals surface area contributed by atoms with E-state index in [9.17, 15) is 0 Å². The number of hydrogen-bond acceptors (Lipinski definition) is 1. The van der Waals surface area contributed by atoms with Crippen LogP contribution in [-0.4, -0.2) is 6.04 Å². The van der Waals surface area contributed by atoms with Crippen molar-refractivity contribution in [1.82, 2.24) is 0 Å². The smallest absolute Gasteiger partial charge is 0.0231 e. The summed E-state index contributed by atoms with van der Waals surface area (Å²) >= 11 is 0. The molecule has 0 fully saturated rings. The standard InChI is InChI=1S/C7H13N/c1-5-3-7(8)4-6(5)2/h3,6-7H,4,8H2,1-2H3. The molecule has 1 rings (SSSR count). The van der Waals surface area contributed by atoms with E-state index in [2.05, 4.69) is 19.9 Å². The first-order chi connectivity index (χ1) is 3.70. The molecule has 2 N–H and O–H groups in total. The number of rotatable bonds is 0. The van der Waals surface area contributed by atoms with Crippen molar-refractivity contribution in [2.45, 2.75) is 26.3 Å². The van der Waals surface area contributed by atoms with Gasteiger partial charge >= 0.3 is 0 Å². The Hall–Kier alpha value is -0.300. The summed E-state index contributed by atoms with van der Waals surface area (Å²) < 4.78 is 0. The third-order valence-corrected chi connectivity index (χ3v) is 1.88. The maximum Gasteiger partial charge on any atom is 0.0231 e. The Morgan fingerprint density at radius 3 is 2.50 bits per heavy atom. The van der Waals surface area contributed by atoms with Crippen LogP contribution in [0.4, 0.5) is 0 Å². The van der Waals surface area contributed by atoms with E-state index in [1.165, 1.54) is 5.57 Å². The Balaban J connectivity index is 2.59. The van der Waals surface area contributed by atoms with Gasteiger partial charge in [0.2, 0.25) is 0 Å². The van der Waals surface area contributed by atoms with Gasteiger partial charge in [-0.2, -0.15) is 0 Å². The van der Waals surface area contributed by atoms with Crippen molar-refractivity contribution in [2.75, 3.05) is 0 Å². The second-order valence-electron chi connectivity index (χ2n) is 2.71. The van der Waals surface area contributed by atoms with Crippen LogP contribution < -0.4 is 5.73 Å². The molecule has 0 aromatic carbocycles. The van der Waals surface area contributed by atoms with Crippen molar-refractivity contribution in [3.8, 4) is 0 Å². The molecule has 1 aliphatic rings. The van der Waals surface area contributed by atoms with E-state index in [0.29, 0.717) is 6.04 Å². The largest absolute Gasteiger partial charge is 0.324 e. The second-order valence-corrected chi connectivity index (χ2v) is 2.71. The molecule has 0 saturated heterocycles. The summed E-state index contributed by atoms with van der Waals surface area (Å²) in [5.74, 6) is 0.727. The lowest BCUT2D eigenvalue weighted by molar-refractivity contribution is 0.621. The van der Waals surface area contributed by atoms with Crippen LogP contribution in [0.1, 0.15) is 20.3 Å². The Labute approximate surface area is 50.6 Å². The van der Waals surface area contributed by atoms with Crippen molar-refractivity contribution in [3.63, 3.8) is 0 Å². The zero-order valence-electron chi connectivity index (χ0n) is 5.52. The molecular formula is C7H13N. The molecule has 1 heteroatoms. The summed E-state index contributed by atoms with van der Waals surface area (Å²) in [6.07, 6.45) is 3.30. The highest BCUT2D eigenvalue weighted by atomic mass is 14.6. The fraction of sp³-hybridized carbons (Fsp3) is 0.714. The number of hydrogen-bond donors (Lipinski definition) is 1. The normalized spacial score (nSPS) is 37.6. The van der Waals surface area contributed by atoms with Crippen molar-refractivity contribution in [3.05, 3.63) is 11.6 Å². The molecule has 8 heavy (non-hydrogen) atoms. The SMILES string of the molecule is CC1=CC(N)CC1C. The molecule has 2 unspecified atom stereocenters. The first-order valence-electron chi connectivity index (χ1n) is 3.14. The zero-order chi connectivity index (χ0) is 6.15. The fourth-order valence-electron chi connectivity index (χ4n) is 1.16. The van der Waals surface area contributed by atoms with E-state index in [-0.39, 0.29) is 0 Å². The van der Waals surface area contributed by atoms with Crippen LogP contribution in [0.25, 0.3) is 0 Å². The molecule has 0 heterocycles. The van der Waals surface area contributed by atoms with Gasteiger partial charge in [0.05, 0.1) is 0 Å². The minimum absolute atomic E-state index is 0.338. The number of nitrogens with two attached hydrogens (primary N) is 1. The van der Waals surface area contributed by atoms with Crippen LogP contribution in [0.2, 0.25) is 0 Å². The van der Waals surface area contributed by atoms with Crippen molar-refractivity contribution in [2.24, 2.45) is 11.7 Å². The van der Waals surface area contributed by atoms with Gasteiger partial charge in [0.25, 0.3) is 0 Å². The van der Waals surface area contributed by atoms with Gasteiger partial charge in [-0.25, -0.2) is 0 Å². The molecule has 0 aromatic rings. The van der Waals surface area contributed by atoms with Gasteiger partial charge in [-0.3, -0.25) is 0 Å². The van der Waals surface area contributed by atoms with Crippen LogP contribution in [-0.2, 0) is 0 Å². The van der Waals surface area contributed by atoms with Crippen molar-refractivity contribution in [1.29, 1.82) is 0 Å². The molecule has 0 saturated carbocycles. The third kappa shape index (κ3) is 0.920. The fourth-order valence-corrected chi connectivity index (χ4v) is 1.16. The Kier molecular flexibility index (Phi) is 1.39. The lowest BCUT2D eigenvalue weighted by Gasteiger charge is -2.01. The molecule has 0 amide bonds. The van der Waals surface area contributed by atoms with Crippen molar-refractivity contribution < 1.29 is 0 Å². The first-order valence-corrected chi connectivity index (χ1v) is 3.14. The van der Waals surface area contributed by atoms with Gasteiger partial charge in [0, 0.05) is 6.04 Å². The summed E-state index contributed by atoms with van der Waals surface area (Å²) in [4.78, 5) is 0. The van der Waals surface area contributed by atoms with E-state index in [1.807, 2.05) is 0 Å². The van der Waals surface area contributed by atoms with Crippen LogP contribution in [0.3, 0.4) is 0 Å². The predicted molar refractivity (Wildman–Crippen MR) is 35.5 cm³/mol. The van der Waals surface area contributed by atoms with E-state index in [4.69, 9.17) is 5.73 Å². The summed E-state index contributed by atoms with van der Waals surface area (Å²) in [5, 5.41) is 0. The average Bonchev–Trinajstić information content (AvgIpc) is 1.85. The van der Waals surface area contributed by atoms with Gasteiger partial charge in [0.15, 0.2) is 0 Å². The third-order valence-electron chi connectivity index (χ3n) is 1.88. The molecular weight excluding hydrogens is 98.1 g/mol. The summed E-state index contributed by atoms with van der Waals surface area (Å²) in [7, 11) is 0. The lowest BCUT2D eigenvalue weighted by Crippen LogP contribution is -2.13. The Bertz CT molecular complexity index is 116. The maximum atomic E-state index is 5.64. The molecule has 46 valence electrons. The molecule has 1 nitrogen and oxygen atoms in total. The Morgan fingerprint density at radius 1 is 1.75 bits per heavy atom. The maximum absolute atomic E-state index is 5.64. The molecule has 0 radical (unpaired) electrons. The highest BCUT2D eigenvalue weighted by Crippen LogP contribution is 2.22. The summed E-state index contributed by atoms with van der Waals surface area (Å²) in [5.41, 5.74) is 7.10. The molecule has 0 aromatic heterocycles. The highest BCUT2D eigenvalue weighted by Gasteiger charge is 2.15. The monoisotopic (exact) mass is 111 g/mol. The van der Waals surface area contributed by atoms with Crippen LogP contribution >= 0.6 is 0 Å². The zero-order valence-corrected chi connectivity index (χ0v) is 5.52. The molecule has 2 atom stereocenters. The summed E-state index contributed by atoms with van der Waals surface area (Å²) in [6, 6.07) is 0.338. The van der Waals surface area contributed by atoms with Crippen LogP contribution in [0.15, 0.2) is 11.6 Å². The second kappa shape index (κ2) is 1.90. The van der Waals surface area contributed by atoms with E-state index >= 15 is 0 Å². The van der Waals surface area contributed by atoms with E-state index in [1.54, 1.807) is 0 Å². The molecule has 1 aliphatic carbocycles. The van der Waals surface area contributed by atoms with Gasteiger partial charge in [-0.15, -0.1) is 0 Å². The minimum atomic E-state index is 0.338. The first kappa shape index (κ1) is 5.83. The predicted octanol–water partition coefficient (Wildman–Crippen LogP) is 1.30. The summed E-state index contributed by atoms with van der Waals surface area (Å²) in [6.45, 7) is 4.37. The molecule has 0 aliphatic heterocycles. The average molecular weight is 111 g/mol. The van der Waals surface area contributed by atoms with Gasteiger partial charge in [0.1, 0.15) is 0 Å². The van der Waals surface area contributed by atoms with Gasteiger partial charge in [-0.05, 0) is 19.3 Å². The van der Waals surface area contributed by atoms with Crippen LogP contribution in [0, 0.1) is 5.92 Å². The van der Waals surface area contributed by atoms with Gasteiger partial charge in [-0.1, -0.05) is 18.6 Å². The van der Waals surface area contributed by atoms with Gasteiger partial charge < -0.3 is 5.73 Å². The van der Waals surface area contributed by atoms with E-state index in [0.717, 1.165) is 12.3 Å². The van der Waals surface area contributed by atoms with E-state index < -0.39 is 0 Å². The van der Waals surface area contributed by atoms with Crippen LogP contribution in [0.5, 0.6) is 0 Å². The topological polar surface area (TPSA) is 26.0 Å². The highest BCUT2D eigenvalue weighted by molar-refractivity contribution is 5.13. The molecule has 0 bridgehead atoms. The number of allylic oxidation sites excluding steroid dienone is 1.